The highest BCUT2D eigenvalue weighted by atomic mass is 32.1. The van der Waals surface area contributed by atoms with Crippen molar-refractivity contribution in [1.29, 1.82) is 0 Å². The molecule has 2 fully saturated rings. The summed E-state index contributed by atoms with van der Waals surface area (Å²) in [6.07, 6.45) is 6.77. The number of fused-ring (bicyclic) bond motifs is 1. The van der Waals surface area contributed by atoms with Crippen molar-refractivity contribution in [1.82, 2.24) is 14.8 Å². The Kier molecular flexibility index (Phi) is 7.51. The second kappa shape index (κ2) is 11.0. The first kappa shape index (κ1) is 26.0. The van der Waals surface area contributed by atoms with Gasteiger partial charge in [-0.25, -0.2) is 0 Å². The Hall–Kier alpha value is -3.65. The predicted molar refractivity (Wildman–Crippen MR) is 155 cm³/mol. The second-order valence-corrected chi connectivity index (χ2v) is 10.4. The molecule has 2 amide bonds. The highest BCUT2D eigenvalue weighted by Gasteiger charge is 2.32. The lowest BCUT2D eigenvalue weighted by atomic mass is 9.99. The van der Waals surface area contributed by atoms with Crippen LogP contribution in [-0.4, -0.2) is 46.1 Å². The summed E-state index contributed by atoms with van der Waals surface area (Å²) in [6, 6.07) is 13.5. The lowest BCUT2D eigenvalue weighted by Gasteiger charge is -2.30. The molecule has 1 N–H and O–H groups in total. The summed E-state index contributed by atoms with van der Waals surface area (Å²) in [4.78, 5) is 30.1. The minimum absolute atomic E-state index is 0.136. The van der Waals surface area contributed by atoms with Crippen molar-refractivity contribution < 1.29 is 14.3 Å². The largest absolute Gasteiger partial charge is 0.494 e. The number of likely N-dealkylation sites (tertiary alicyclic amines) is 1. The van der Waals surface area contributed by atoms with Crippen molar-refractivity contribution in [3.8, 4) is 5.75 Å². The van der Waals surface area contributed by atoms with Gasteiger partial charge in [-0.3, -0.25) is 14.5 Å². The van der Waals surface area contributed by atoms with Crippen LogP contribution in [0.15, 0.2) is 54.4 Å². The van der Waals surface area contributed by atoms with E-state index >= 15 is 0 Å². The molecule has 38 heavy (non-hydrogen) atoms. The fourth-order valence-electron chi connectivity index (χ4n) is 5.28. The number of benzene rings is 2. The molecule has 0 atom stereocenters. The lowest BCUT2D eigenvalue weighted by molar-refractivity contribution is -0.133. The number of para-hydroxylation sites is 1. The number of nitrogens with one attached hydrogen (secondary N) is 1. The molecule has 0 bridgehead atoms. The molecule has 2 aromatic carbocycles. The number of aryl methyl sites for hydroxylation is 1. The Morgan fingerprint density at radius 1 is 1.13 bits per heavy atom. The van der Waals surface area contributed by atoms with Crippen LogP contribution in [0.1, 0.15) is 44.7 Å². The highest BCUT2D eigenvalue weighted by molar-refractivity contribution is 7.80. The van der Waals surface area contributed by atoms with Crippen LogP contribution in [-0.2, 0) is 22.6 Å². The van der Waals surface area contributed by atoms with E-state index in [2.05, 4.69) is 25.2 Å². The average Bonchev–Trinajstić information content (AvgIpc) is 3.40. The van der Waals surface area contributed by atoms with Gasteiger partial charge in [-0.15, -0.1) is 0 Å². The Bertz CT molecular complexity index is 1400. The van der Waals surface area contributed by atoms with Crippen LogP contribution in [0.2, 0.25) is 0 Å². The van der Waals surface area contributed by atoms with Gasteiger partial charge in [-0.2, -0.15) is 0 Å². The van der Waals surface area contributed by atoms with Gasteiger partial charge in [0.15, 0.2) is 5.11 Å². The van der Waals surface area contributed by atoms with Crippen molar-refractivity contribution >= 4 is 51.8 Å². The Morgan fingerprint density at radius 2 is 1.87 bits per heavy atom. The van der Waals surface area contributed by atoms with Crippen molar-refractivity contribution in [3.05, 3.63) is 65.5 Å². The third kappa shape index (κ3) is 5.05. The fourth-order valence-corrected chi connectivity index (χ4v) is 5.58. The van der Waals surface area contributed by atoms with E-state index in [0.717, 1.165) is 54.6 Å². The van der Waals surface area contributed by atoms with Crippen molar-refractivity contribution in [3.63, 3.8) is 0 Å². The van der Waals surface area contributed by atoms with Gasteiger partial charge >= 0.3 is 0 Å². The van der Waals surface area contributed by atoms with Crippen LogP contribution < -0.4 is 15.0 Å². The smallest absolute Gasteiger partial charge is 0.281 e. The molecule has 2 saturated heterocycles. The fraction of sp³-hybridized carbons (Fsp3) is 0.367. The van der Waals surface area contributed by atoms with Crippen LogP contribution in [0.25, 0.3) is 17.0 Å². The molecule has 7 nitrogen and oxygen atoms in total. The SMILES string of the molecule is CCOc1ccc(N2C(=O)/C(=C/c3cn(CC(=O)N4CCC(C)CC4)c4c(CC)cccc34)NC2=S)cc1. The normalized spacial score (nSPS) is 17.5. The summed E-state index contributed by atoms with van der Waals surface area (Å²) in [7, 11) is 0. The first-order chi connectivity index (χ1) is 18.4. The molecule has 198 valence electrons. The van der Waals surface area contributed by atoms with Gasteiger partial charge in [-0.1, -0.05) is 32.0 Å². The maximum absolute atomic E-state index is 13.4. The number of ether oxygens (including phenoxy) is 1. The summed E-state index contributed by atoms with van der Waals surface area (Å²) in [5.74, 6) is 1.33. The van der Waals surface area contributed by atoms with E-state index in [1.807, 2.05) is 65.1 Å². The summed E-state index contributed by atoms with van der Waals surface area (Å²) in [5, 5.41) is 4.44. The number of anilines is 1. The minimum Gasteiger partial charge on any atom is -0.494 e. The predicted octanol–water partition coefficient (Wildman–Crippen LogP) is 5.12. The van der Waals surface area contributed by atoms with E-state index < -0.39 is 0 Å². The quantitative estimate of drug-likeness (QED) is 0.339. The topological polar surface area (TPSA) is 66.8 Å². The van der Waals surface area contributed by atoms with Gasteiger partial charge in [0.25, 0.3) is 5.91 Å². The van der Waals surface area contributed by atoms with Gasteiger partial charge in [-0.05, 0) is 80.2 Å². The van der Waals surface area contributed by atoms with Gasteiger partial charge in [0.2, 0.25) is 5.91 Å². The summed E-state index contributed by atoms with van der Waals surface area (Å²) >= 11 is 5.52. The van der Waals surface area contributed by atoms with Crippen LogP contribution in [0.3, 0.4) is 0 Å². The van der Waals surface area contributed by atoms with Gasteiger partial charge in [0.05, 0.1) is 17.8 Å². The summed E-state index contributed by atoms with van der Waals surface area (Å²) < 4.78 is 7.56. The molecule has 3 heterocycles. The van der Waals surface area contributed by atoms with Gasteiger partial charge in [0, 0.05) is 30.2 Å². The number of rotatable bonds is 7. The number of hydrogen-bond donors (Lipinski definition) is 1. The molecule has 8 heteroatoms. The summed E-state index contributed by atoms with van der Waals surface area (Å²) in [5.41, 5.74) is 4.17. The van der Waals surface area contributed by atoms with Crippen LogP contribution in [0, 0.1) is 5.92 Å². The number of aromatic nitrogens is 1. The zero-order valence-electron chi connectivity index (χ0n) is 22.2. The molecular weight excluding hydrogens is 496 g/mol. The van der Waals surface area contributed by atoms with E-state index in [-0.39, 0.29) is 18.4 Å². The third-order valence-corrected chi connectivity index (χ3v) is 7.70. The molecule has 0 unspecified atom stereocenters. The molecule has 5 rings (SSSR count). The molecule has 2 aliphatic rings. The van der Waals surface area contributed by atoms with Crippen LogP contribution >= 0.6 is 12.2 Å². The number of thiocarbonyl (C=S) groups is 1. The van der Waals surface area contributed by atoms with E-state index in [0.29, 0.717) is 29.0 Å². The monoisotopic (exact) mass is 530 g/mol. The van der Waals surface area contributed by atoms with Gasteiger partial charge < -0.3 is 19.5 Å². The maximum Gasteiger partial charge on any atom is 0.281 e. The number of hydrogen-bond acceptors (Lipinski definition) is 4. The number of nitrogens with zero attached hydrogens (tertiary/aromatic N) is 3. The van der Waals surface area contributed by atoms with E-state index in [1.165, 1.54) is 10.5 Å². The molecule has 3 aromatic rings. The molecule has 0 radical (unpaired) electrons. The minimum atomic E-state index is -0.217. The molecule has 0 saturated carbocycles. The zero-order valence-corrected chi connectivity index (χ0v) is 23.0. The van der Waals surface area contributed by atoms with E-state index in [9.17, 15) is 9.59 Å². The van der Waals surface area contributed by atoms with Crippen LogP contribution in [0.4, 0.5) is 5.69 Å². The number of carbonyl (C=O) groups is 2. The van der Waals surface area contributed by atoms with Crippen molar-refractivity contribution in [2.75, 3.05) is 24.6 Å². The number of carbonyl (C=O) groups excluding carboxylic acids is 2. The van der Waals surface area contributed by atoms with Gasteiger partial charge in [0.1, 0.15) is 18.0 Å². The highest BCUT2D eigenvalue weighted by Crippen LogP contribution is 2.30. The molecule has 0 aliphatic carbocycles. The Balaban J connectivity index is 1.45. The second-order valence-electron chi connectivity index (χ2n) is 10.00. The third-order valence-electron chi connectivity index (χ3n) is 7.42. The average molecular weight is 531 g/mol. The van der Waals surface area contributed by atoms with Crippen molar-refractivity contribution in [2.24, 2.45) is 5.92 Å². The zero-order chi connectivity index (χ0) is 26.8. The Labute approximate surface area is 229 Å². The van der Waals surface area contributed by atoms with Crippen LogP contribution in [0.5, 0.6) is 5.75 Å². The maximum atomic E-state index is 13.4. The number of piperidine rings is 1. The molecule has 0 spiro atoms. The van der Waals surface area contributed by atoms with E-state index in [4.69, 9.17) is 17.0 Å². The molecule has 1 aromatic heterocycles. The molecule has 2 aliphatic heterocycles. The summed E-state index contributed by atoms with van der Waals surface area (Å²) in [6.45, 7) is 8.78. The first-order valence-electron chi connectivity index (χ1n) is 13.4. The first-order valence-corrected chi connectivity index (χ1v) is 13.8. The van der Waals surface area contributed by atoms with E-state index in [1.54, 1.807) is 0 Å². The lowest BCUT2D eigenvalue weighted by Crippen LogP contribution is -2.39. The molecular formula is C30H34N4O3S. The standard InChI is InChI=1S/C30H34N4O3S/c1-4-21-7-6-8-25-22(18-33(28(21)25)19-27(35)32-15-13-20(3)14-16-32)17-26-29(36)34(30(38)31-26)23-9-11-24(12-10-23)37-5-2/h6-12,17-18,20H,4-5,13-16,19H2,1-3H3,(H,31,38)/b26-17-. The number of amides is 2. The Morgan fingerprint density at radius 3 is 2.55 bits per heavy atom. The van der Waals surface area contributed by atoms with Crippen molar-refractivity contribution in [2.45, 2.75) is 46.6 Å².